The number of halogens is 2. The zero-order chi connectivity index (χ0) is 12.6. The molecule has 1 aliphatic carbocycles. The van der Waals surface area contributed by atoms with Gasteiger partial charge in [-0.05, 0) is 30.3 Å². The Morgan fingerprint density at radius 1 is 1.53 bits per heavy atom. The quantitative estimate of drug-likeness (QED) is 0.552. The number of amides is 1. The minimum absolute atomic E-state index is 0.0246. The molecule has 3 atom stereocenters. The maximum atomic E-state index is 13.7. The molecule has 1 heterocycles. The summed E-state index contributed by atoms with van der Waals surface area (Å²) in [7, 11) is 0. The molecule has 96 valence electrons. The van der Waals surface area contributed by atoms with Gasteiger partial charge in [-0.1, -0.05) is 13.5 Å². The summed E-state index contributed by atoms with van der Waals surface area (Å²) in [5, 5.41) is -0.460. The van der Waals surface area contributed by atoms with Crippen LogP contribution in [0.15, 0.2) is 12.2 Å². The lowest BCUT2D eigenvalue weighted by Crippen LogP contribution is -2.49. The van der Waals surface area contributed by atoms with E-state index in [1.54, 1.807) is 0 Å². The first-order valence-corrected chi connectivity index (χ1v) is 6.67. The SMILES string of the molecule is C=C1C(CC(=O)N2CC(C)C2)CCC(Cl)C1F. The first-order chi connectivity index (χ1) is 7.99. The maximum absolute atomic E-state index is 13.7. The second-order valence-electron chi connectivity index (χ2n) is 5.37. The highest BCUT2D eigenvalue weighted by atomic mass is 35.5. The Morgan fingerprint density at radius 3 is 2.76 bits per heavy atom. The number of nitrogens with zero attached hydrogens (tertiary/aromatic N) is 1. The molecule has 1 amide bonds. The van der Waals surface area contributed by atoms with Gasteiger partial charge in [0.1, 0.15) is 6.17 Å². The molecule has 2 nitrogen and oxygen atoms in total. The second kappa shape index (κ2) is 4.97. The maximum Gasteiger partial charge on any atom is 0.223 e. The fraction of sp³-hybridized carbons (Fsp3) is 0.769. The van der Waals surface area contributed by atoms with Crippen molar-refractivity contribution in [2.45, 2.75) is 37.7 Å². The molecule has 0 aromatic rings. The van der Waals surface area contributed by atoms with E-state index in [2.05, 4.69) is 13.5 Å². The Labute approximate surface area is 107 Å². The Hall–Kier alpha value is -0.570. The van der Waals surface area contributed by atoms with E-state index in [1.807, 2.05) is 4.90 Å². The van der Waals surface area contributed by atoms with Gasteiger partial charge in [0.05, 0.1) is 5.38 Å². The minimum atomic E-state index is -1.15. The van der Waals surface area contributed by atoms with Crippen molar-refractivity contribution in [3.05, 3.63) is 12.2 Å². The average molecular weight is 260 g/mol. The Bertz CT molecular complexity index is 327. The van der Waals surface area contributed by atoms with Gasteiger partial charge < -0.3 is 4.90 Å². The number of rotatable bonds is 2. The molecule has 1 saturated carbocycles. The second-order valence-corrected chi connectivity index (χ2v) is 5.94. The van der Waals surface area contributed by atoms with Gasteiger partial charge in [0.15, 0.2) is 0 Å². The van der Waals surface area contributed by atoms with E-state index in [4.69, 9.17) is 11.6 Å². The summed E-state index contributed by atoms with van der Waals surface area (Å²) < 4.78 is 13.7. The third-order valence-corrected chi connectivity index (χ3v) is 4.26. The van der Waals surface area contributed by atoms with Crippen LogP contribution in [0.1, 0.15) is 26.2 Å². The number of hydrogen-bond acceptors (Lipinski definition) is 1. The van der Waals surface area contributed by atoms with Crippen molar-refractivity contribution in [1.29, 1.82) is 0 Å². The molecular formula is C13H19ClFNO. The van der Waals surface area contributed by atoms with Crippen LogP contribution in [0.5, 0.6) is 0 Å². The van der Waals surface area contributed by atoms with Crippen LogP contribution in [-0.2, 0) is 4.79 Å². The van der Waals surface area contributed by atoms with Crippen LogP contribution in [-0.4, -0.2) is 35.4 Å². The molecule has 2 rings (SSSR count). The van der Waals surface area contributed by atoms with Gasteiger partial charge in [-0.2, -0.15) is 0 Å². The van der Waals surface area contributed by atoms with Crippen LogP contribution in [0.3, 0.4) is 0 Å². The number of carbonyl (C=O) groups excluding carboxylic acids is 1. The fourth-order valence-corrected chi connectivity index (χ4v) is 2.91. The number of carbonyl (C=O) groups is 1. The van der Waals surface area contributed by atoms with Crippen LogP contribution in [0, 0.1) is 11.8 Å². The van der Waals surface area contributed by atoms with Gasteiger partial charge in [0, 0.05) is 19.5 Å². The average Bonchev–Trinajstić information content (AvgIpc) is 2.25. The van der Waals surface area contributed by atoms with Gasteiger partial charge in [0.25, 0.3) is 0 Å². The lowest BCUT2D eigenvalue weighted by molar-refractivity contribution is -0.138. The summed E-state index contributed by atoms with van der Waals surface area (Å²) in [5.74, 6) is 0.715. The predicted molar refractivity (Wildman–Crippen MR) is 66.8 cm³/mol. The lowest BCUT2D eigenvalue weighted by atomic mass is 9.81. The van der Waals surface area contributed by atoms with E-state index in [1.165, 1.54) is 0 Å². The number of likely N-dealkylation sites (tertiary alicyclic amines) is 1. The monoisotopic (exact) mass is 259 g/mol. The van der Waals surface area contributed by atoms with Crippen molar-refractivity contribution >= 4 is 17.5 Å². The van der Waals surface area contributed by atoms with E-state index in [9.17, 15) is 9.18 Å². The summed E-state index contributed by atoms with van der Waals surface area (Å²) in [4.78, 5) is 13.7. The molecule has 1 aliphatic heterocycles. The van der Waals surface area contributed by atoms with Crippen molar-refractivity contribution in [1.82, 2.24) is 4.90 Å². The zero-order valence-electron chi connectivity index (χ0n) is 10.2. The summed E-state index contributed by atoms with van der Waals surface area (Å²) >= 11 is 5.85. The molecule has 17 heavy (non-hydrogen) atoms. The molecule has 2 fully saturated rings. The topological polar surface area (TPSA) is 20.3 Å². The zero-order valence-corrected chi connectivity index (χ0v) is 10.9. The molecule has 2 aliphatic rings. The van der Waals surface area contributed by atoms with Crippen LogP contribution in [0.25, 0.3) is 0 Å². The Morgan fingerprint density at radius 2 is 2.18 bits per heavy atom. The van der Waals surface area contributed by atoms with E-state index >= 15 is 0 Å². The standard InChI is InChI=1S/C13H19ClFNO/c1-8-6-16(7-8)12(17)5-10-3-4-11(14)13(15)9(10)2/h8,10-11,13H,2-7H2,1H3. The Kier molecular flexibility index (Phi) is 3.76. The van der Waals surface area contributed by atoms with Gasteiger partial charge in [-0.15, -0.1) is 11.6 Å². The van der Waals surface area contributed by atoms with Crippen LogP contribution in [0.2, 0.25) is 0 Å². The smallest absolute Gasteiger partial charge is 0.223 e. The molecule has 0 aromatic heterocycles. The van der Waals surface area contributed by atoms with Crippen LogP contribution >= 0.6 is 11.6 Å². The largest absolute Gasteiger partial charge is 0.342 e. The van der Waals surface area contributed by atoms with Crippen molar-refractivity contribution in [3.63, 3.8) is 0 Å². The molecule has 3 unspecified atom stereocenters. The van der Waals surface area contributed by atoms with Gasteiger partial charge in [-0.25, -0.2) is 4.39 Å². The Balaban J connectivity index is 1.86. The van der Waals surface area contributed by atoms with Crippen LogP contribution in [0.4, 0.5) is 4.39 Å². The molecule has 0 spiro atoms. The summed E-state index contributed by atoms with van der Waals surface area (Å²) in [5.41, 5.74) is 0.512. The van der Waals surface area contributed by atoms with Gasteiger partial charge in [0.2, 0.25) is 5.91 Å². The number of alkyl halides is 2. The molecule has 1 saturated heterocycles. The van der Waals surface area contributed by atoms with E-state index in [0.29, 0.717) is 24.3 Å². The molecule has 0 bridgehead atoms. The summed E-state index contributed by atoms with van der Waals surface area (Å²) in [6, 6.07) is 0. The lowest BCUT2D eigenvalue weighted by Gasteiger charge is -2.39. The first-order valence-electron chi connectivity index (χ1n) is 6.23. The van der Waals surface area contributed by atoms with Gasteiger partial charge in [-0.3, -0.25) is 4.79 Å². The summed E-state index contributed by atoms with van der Waals surface area (Å²) in [6.45, 7) is 7.58. The molecule has 0 N–H and O–H groups in total. The van der Waals surface area contributed by atoms with Crippen molar-refractivity contribution in [2.24, 2.45) is 11.8 Å². The summed E-state index contributed by atoms with van der Waals surface area (Å²) in [6.07, 6.45) is 0.660. The third-order valence-electron chi connectivity index (χ3n) is 3.82. The van der Waals surface area contributed by atoms with E-state index < -0.39 is 11.5 Å². The normalized spacial score (nSPS) is 34.6. The van der Waals surface area contributed by atoms with Crippen molar-refractivity contribution in [2.75, 3.05) is 13.1 Å². The number of hydrogen-bond donors (Lipinski definition) is 0. The highest BCUT2D eigenvalue weighted by Crippen LogP contribution is 2.36. The highest BCUT2D eigenvalue weighted by Gasteiger charge is 2.35. The van der Waals surface area contributed by atoms with E-state index in [0.717, 1.165) is 19.5 Å². The van der Waals surface area contributed by atoms with E-state index in [-0.39, 0.29) is 11.8 Å². The molecule has 0 aromatic carbocycles. The van der Waals surface area contributed by atoms with Crippen LogP contribution < -0.4 is 0 Å². The molecular weight excluding hydrogens is 241 g/mol. The minimum Gasteiger partial charge on any atom is -0.342 e. The first kappa shape index (κ1) is 12.9. The predicted octanol–water partition coefficient (Wildman–Crippen LogP) is 2.77. The van der Waals surface area contributed by atoms with Gasteiger partial charge >= 0.3 is 0 Å². The molecule has 4 heteroatoms. The third kappa shape index (κ3) is 2.65. The number of allylic oxidation sites excluding steroid dienone is 1. The fourth-order valence-electron chi connectivity index (χ4n) is 2.63. The highest BCUT2D eigenvalue weighted by molar-refractivity contribution is 6.21. The molecule has 0 radical (unpaired) electrons. The van der Waals surface area contributed by atoms with Crippen molar-refractivity contribution < 1.29 is 9.18 Å². The van der Waals surface area contributed by atoms with Crippen molar-refractivity contribution in [3.8, 4) is 0 Å².